The molecule has 0 radical (unpaired) electrons. The van der Waals surface area contributed by atoms with Crippen molar-refractivity contribution in [2.45, 2.75) is 13.8 Å². The maximum atomic E-state index is 12.0. The van der Waals surface area contributed by atoms with Gasteiger partial charge in [0, 0.05) is 13.0 Å². The average Bonchev–Trinajstić information content (AvgIpc) is 2.94. The second-order valence-electron chi connectivity index (χ2n) is 5.78. The third-order valence-corrected chi connectivity index (χ3v) is 3.56. The zero-order valence-electron chi connectivity index (χ0n) is 14.4. The van der Waals surface area contributed by atoms with Gasteiger partial charge in [0.15, 0.2) is 5.70 Å². The van der Waals surface area contributed by atoms with Gasteiger partial charge in [-0.2, -0.15) is 0 Å². The minimum atomic E-state index is -0.522. The predicted octanol–water partition coefficient (Wildman–Crippen LogP) is 3.93. The van der Waals surface area contributed by atoms with E-state index >= 15 is 0 Å². The number of aliphatic imine (C=N–C) groups is 1. The smallest absolute Gasteiger partial charge is 0.363 e. The number of hydrogen-bond acceptors (Lipinski definition) is 5. The fourth-order valence-corrected chi connectivity index (χ4v) is 2.33. The number of aryl methyl sites for hydroxylation is 1. The molecule has 1 aliphatic heterocycles. The molecule has 0 aliphatic carbocycles. The number of hydrogen-bond donors (Lipinski definition) is 0. The van der Waals surface area contributed by atoms with Gasteiger partial charge in [-0.05, 0) is 42.3 Å². The molecule has 130 valence electrons. The van der Waals surface area contributed by atoms with Crippen LogP contribution in [0.25, 0.3) is 12.2 Å². The zero-order valence-corrected chi connectivity index (χ0v) is 14.4. The van der Waals surface area contributed by atoms with Crippen LogP contribution in [0.2, 0.25) is 0 Å². The molecule has 0 unspecified atom stereocenters. The maximum absolute atomic E-state index is 12.0. The Hall–Kier alpha value is -3.47. The number of nitrogens with zero attached hydrogens (tertiary/aromatic N) is 1. The van der Waals surface area contributed by atoms with Crippen LogP contribution in [-0.2, 0) is 14.3 Å². The maximum Gasteiger partial charge on any atom is 0.363 e. The minimum absolute atomic E-state index is 0.188. The summed E-state index contributed by atoms with van der Waals surface area (Å²) >= 11 is 0. The largest absolute Gasteiger partial charge is 0.427 e. The standard InChI is InChI=1S/C21H17NO4/c1-14-6-8-16(9-7-14)10-11-20-22-19(21(24)26-20)13-17-4-3-5-18(12-17)25-15(2)23/h3-13H,1-2H3. The highest BCUT2D eigenvalue weighted by atomic mass is 16.6. The normalized spacial score (nSPS) is 15.2. The molecule has 0 fully saturated rings. The van der Waals surface area contributed by atoms with Gasteiger partial charge in [0.05, 0.1) is 0 Å². The lowest BCUT2D eigenvalue weighted by atomic mass is 10.1. The first-order valence-electron chi connectivity index (χ1n) is 8.05. The summed E-state index contributed by atoms with van der Waals surface area (Å²) in [6.45, 7) is 3.35. The molecule has 1 aliphatic rings. The van der Waals surface area contributed by atoms with E-state index in [2.05, 4.69) is 4.99 Å². The first-order valence-corrected chi connectivity index (χ1v) is 8.05. The number of esters is 2. The molecule has 0 N–H and O–H groups in total. The highest BCUT2D eigenvalue weighted by molar-refractivity contribution is 6.11. The average molecular weight is 347 g/mol. The summed E-state index contributed by atoms with van der Waals surface area (Å²) in [5.41, 5.74) is 3.03. The number of benzene rings is 2. The van der Waals surface area contributed by atoms with Crippen molar-refractivity contribution in [1.82, 2.24) is 0 Å². The predicted molar refractivity (Wildman–Crippen MR) is 99.5 cm³/mol. The van der Waals surface area contributed by atoms with E-state index in [-0.39, 0.29) is 11.6 Å². The van der Waals surface area contributed by atoms with Gasteiger partial charge in [-0.1, -0.05) is 42.0 Å². The molecule has 1 heterocycles. The Bertz CT molecular complexity index is 937. The van der Waals surface area contributed by atoms with Crippen molar-refractivity contribution in [3.8, 4) is 5.75 Å². The topological polar surface area (TPSA) is 65.0 Å². The van der Waals surface area contributed by atoms with Crippen LogP contribution in [0, 0.1) is 6.92 Å². The van der Waals surface area contributed by atoms with E-state index in [0.29, 0.717) is 11.3 Å². The molecule has 0 bridgehead atoms. The summed E-state index contributed by atoms with van der Waals surface area (Å²) in [5, 5.41) is 0. The van der Waals surface area contributed by atoms with Crippen molar-refractivity contribution < 1.29 is 19.1 Å². The fraction of sp³-hybridized carbons (Fsp3) is 0.0952. The van der Waals surface area contributed by atoms with Crippen LogP contribution in [0.5, 0.6) is 5.75 Å². The summed E-state index contributed by atoms with van der Waals surface area (Å²) in [6.07, 6.45) is 5.07. The van der Waals surface area contributed by atoms with Crippen LogP contribution in [0.1, 0.15) is 23.6 Å². The van der Waals surface area contributed by atoms with Gasteiger partial charge < -0.3 is 9.47 Å². The summed E-state index contributed by atoms with van der Waals surface area (Å²) in [4.78, 5) is 27.2. The van der Waals surface area contributed by atoms with Gasteiger partial charge in [0.1, 0.15) is 5.75 Å². The monoisotopic (exact) mass is 347 g/mol. The Balaban J connectivity index is 1.78. The molecular formula is C21H17NO4. The van der Waals surface area contributed by atoms with Crippen LogP contribution in [0.4, 0.5) is 0 Å². The Morgan fingerprint density at radius 2 is 1.85 bits per heavy atom. The number of cyclic esters (lactones) is 1. The molecule has 2 aromatic carbocycles. The van der Waals surface area contributed by atoms with E-state index in [4.69, 9.17) is 9.47 Å². The Morgan fingerprint density at radius 1 is 1.08 bits per heavy atom. The van der Waals surface area contributed by atoms with Crippen LogP contribution < -0.4 is 4.74 Å². The van der Waals surface area contributed by atoms with Gasteiger partial charge in [-0.3, -0.25) is 4.79 Å². The number of ether oxygens (including phenoxy) is 2. The third kappa shape index (κ3) is 4.54. The molecular weight excluding hydrogens is 330 g/mol. The number of carbonyl (C=O) groups is 2. The number of carbonyl (C=O) groups excluding carboxylic acids is 2. The quantitative estimate of drug-likeness (QED) is 0.477. The molecule has 0 aromatic heterocycles. The van der Waals surface area contributed by atoms with Crippen LogP contribution in [0.3, 0.4) is 0 Å². The summed E-state index contributed by atoms with van der Waals surface area (Å²) in [5.74, 6) is -0.289. The second-order valence-corrected chi connectivity index (χ2v) is 5.78. The lowest BCUT2D eigenvalue weighted by molar-refractivity contribution is -0.132. The van der Waals surface area contributed by atoms with Crippen molar-refractivity contribution in [2.75, 3.05) is 0 Å². The van der Waals surface area contributed by atoms with Crippen LogP contribution in [-0.4, -0.2) is 17.8 Å². The van der Waals surface area contributed by atoms with Gasteiger partial charge in [-0.15, -0.1) is 0 Å². The molecule has 26 heavy (non-hydrogen) atoms. The molecule has 0 spiro atoms. The molecule has 5 heteroatoms. The Kier molecular flexibility index (Phi) is 5.08. The van der Waals surface area contributed by atoms with E-state index in [9.17, 15) is 9.59 Å². The van der Waals surface area contributed by atoms with E-state index in [1.54, 1.807) is 36.4 Å². The summed E-state index contributed by atoms with van der Waals surface area (Å²) in [6, 6.07) is 14.8. The fourth-order valence-electron chi connectivity index (χ4n) is 2.33. The minimum Gasteiger partial charge on any atom is -0.427 e. The van der Waals surface area contributed by atoms with Crippen molar-refractivity contribution in [3.05, 3.63) is 77.0 Å². The zero-order chi connectivity index (χ0) is 18.5. The number of rotatable bonds is 4. The van der Waals surface area contributed by atoms with E-state index in [1.807, 2.05) is 37.3 Å². The van der Waals surface area contributed by atoms with Gasteiger partial charge >= 0.3 is 11.9 Å². The van der Waals surface area contributed by atoms with E-state index in [1.165, 1.54) is 12.5 Å². The molecule has 0 amide bonds. The summed E-state index contributed by atoms with van der Waals surface area (Å²) < 4.78 is 10.2. The molecule has 3 rings (SSSR count). The Morgan fingerprint density at radius 3 is 2.58 bits per heavy atom. The molecule has 0 saturated heterocycles. The lowest BCUT2D eigenvalue weighted by Gasteiger charge is -2.01. The first-order chi connectivity index (χ1) is 12.5. The van der Waals surface area contributed by atoms with Crippen LogP contribution in [0.15, 0.2) is 65.3 Å². The van der Waals surface area contributed by atoms with Gasteiger partial charge in [-0.25, -0.2) is 9.79 Å². The molecule has 0 saturated carbocycles. The van der Waals surface area contributed by atoms with Crippen LogP contribution >= 0.6 is 0 Å². The summed E-state index contributed by atoms with van der Waals surface area (Å²) in [7, 11) is 0. The lowest BCUT2D eigenvalue weighted by Crippen LogP contribution is -2.02. The van der Waals surface area contributed by atoms with Gasteiger partial charge in [0.2, 0.25) is 5.90 Å². The SMILES string of the molecule is CC(=O)Oc1cccc(C=C2N=C(C=Cc3ccc(C)cc3)OC2=O)c1. The van der Waals surface area contributed by atoms with E-state index in [0.717, 1.165) is 5.56 Å². The molecule has 5 nitrogen and oxygen atoms in total. The van der Waals surface area contributed by atoms with Crippen molar-refractivity contribution in [2.24, 2.45) is 4.99 Å². The van der Waals surface area contributed by atoms with Gasteiger partial charge in [0.25, 0.3) is 0 Å². The van der Waals surface area contributed by atoms with E-state index < -0.39 is 11.9 Å². The third-order valence-electron chi connectivity index (χ3n) is 3.56. The Labute approximate surface area is 151 Å². The van der Waals surface area contributed by atoms with Crippen molar-refractivity contribution >= 4 is 30.0 Å². The highest BCUT2D eigenvalue weighted by Crippen LogP contribution is 2.20. The molecule has 2 aromatic rings. The van der Waals surface area contributed by atoms with Crippen molar-refractivity contribution in [1.29, 1.82) is 0 Å². The highest BCUT2D eigenvalue weighted by Gasteiger charge is 2.21. The first kappa shape index (κ1) is 17.4. The molecule has 0 atom stereocenters. The van der Waals surface area contributed by atoms with Crippen molar-refractivity contribution in [3.63, 3.8) is 0 Å². The second kappa shape index (κ2) is 7.61.